The maximum absolute atomic E-state index is 5.32. The molecule has 0 aliphatic rings. The predicted octanol–water partition coefficient (Wildman–Crippen LogP) is 1.24. The highest BCUT2D eigenvalue weighted by atomic mass is 16.5. The number of terminal acetylenes is 1. The summed E-state index contributed by atoms with van der Waals surface area (Å²) >= 11 is 0. The fourth-order valence-corrected chi connectivity index (χ4v) is 1.57. The van der Waals surface area contributed by atoms with Crippen LogP contribution in [-0.4, -0.2) is 30.2 Å². The Morgan fingerprint density at radius 2 is 2.44 bits per heavy atom. The average Bonchev–Trinajstić information content (AvgIpc) is 2.67. The normalized spacial score (nSPS) is 10.6. The molecule has 0 aliphatic heterocycles. The minimum absolute atomic E-state index is 0.649. The van der Waals surface area contributed by atoms with Gasteiger partial charge in [0.2, 0.25) is 0 Å². The van der Waals surface area contributed by atoms with E-state index in [-0.39, 0.29) is 0 Å². The summed E-state index contributed by atoms with van der Waals surface area (Å²) in [4.78, 5) is 2.17. The minimum Gasteiger partial charge on any atom is -0.360 e. The lowest BCUT2D eigenvalue weighted by Gasteiger charge is -2.16. The van der Waals surface area contributed by atoms with Gasteiger partial charge in [0.15, 0.2) is 5.76 Å². The molecule has 4 nitrogen and oxygen atoms in total. The van der Waals surface area contributed by atoms with Crippen molar-refractivity contribution < 1.29 is 4.52 Å². The summed E-state index contributed by atoms with van der Waals surface area (Å²) in [7, 11) is 1.89. The molecule has 1 N–H and O–H groups in total. The van der Waals surface area contributed by atoms with E-state index in [0.29, 0.717) is 6.54 Å². The van der Waals surface area contributed by atoms with E-state index in [2.05, 4.69) is 28.2 Å². The van der Waals surface area contributed by atoms with Crippen LogP contribution in [0.2, 0.25) is 0 Å². The SMILES string of the molecule is C#CCN(CCC)Cc1cc(CNC)no1. The van der Waals surface area contributed by atoms with Crippen LogP contribution in [0.3, 0.4) is 0 Å². The number of aromatic nitrogens is 1. The number of hydrogen-bond donors (Lipinski definition) is 1. The van der Waals surface area contributed by atoms with Crippen LogP contribution >= 0.6 is 0 Å². The molecule has 4 heteroatoms. The number of nitrogens with zero attached hydrogens (tertiary/aromatic N) is 2. The molecule has 0 atom stereocenters. The first kappa shape index (κ1) is 12.8. The third-order valence-corrected chi connectivity index (χ3v) is 2.20. The van der Waals surface area contributed by atoms with Crippen LogP contribution in [0.15, 0.2) is 10.6 Å². The highest BCUT2D eigenvalue weighted by Crippen LogP contribution is 2.07. The summed E-state index contributed by atoms with van der Waals surface area (Å²) in [6, 6.07) is 1.97. The fourth-order valence-electron chi connectivity index (χ4n) is 1.57. The van der Waals surface area contributed by atoms with Crippen molar-refractivity contribution in [2.75, 3.05) is 20.1 Å². The maximum atomic E-state index is 5.32. The summed E-state index contributed by atoms with van der Waals surface area (Å²) in [5.74, 6) is 3.53. The standard InChI is InChI=1S/C12H19N3O/c1-4-6-15(7-5-2)10-12-8-11(9-13-3)14-16-12/h1,8,13H,5-7,9-10H2,2-3H3. The van der Waals surface area contributed by atoms with Crippen LogP contribution in [0.4, 0.5) is 0 Å². The van der Waals surface area contributed by atoms with Crippen molar-refractivity contribution in [1.29, 1.82) is 0 Å². The molecule has 0 saturated carbocycles. The molecule has 1 heterocycles. The molecule has 0 bridgehead atoms. The van der Waals surface area contributed by atoms with E-state index < -0.39 is 0 Å². The average molecular weight is 221 g/mol. The van der Waals surface area contributed by atoms with Crippen LogP contribution in [0.25, 0.3) is 0 Å². The Balaban J connectivity index is 2.52. The molecular weight excluding hydrogens is 202 g/mol. The van der Waals surface area contributed by atoms with E-state index in [4.69, 9.17) is 10.9 Å². The Hall–Kier alpha value is -1.31. The molecule has 0 aliphatic carbocycles. The molecule has 0 radical (unpaired) electrons. The van der Waals surface area contributed by atoms with Gasteiger partial charge >= 0.3 is 0 Å². The van der Waals surface area contributed by atoms with Crippen LogP contribution < -0.4 is 5.32 Å². The van der Waals surface area contributed by atoms with E-state index in [0.717, 1.165) is 37.5 Å². The molecule has 88 valence electrons. The highest BCUT2D eigenvalue weighted by Gasteiger charge is 2.08. The van der Waals surface area contributed by atoms with Gasteiger partial charge in [-0.1, -0.05) is 18.0 Å². The minimum atomic E-state index is 0.649. The Bertz CT molecular complexity index is 340. The lowest BCUT2D eigenvalue weighted by Crippen LogP contribution is -2.24. The number of rotatable bonds is 7. The van der Waals surface area contributed by atoms with Gasteiger partial charge in [-0.05, 0) is 20.0 Å². The first-order valence-corrected chi connectivity index (χ1v) is 5.55. The van der Waals surface area contributed by atoms with Crippen molar-refractivity contribution in [2.45, 2.75) is 26.4 Å². The van der Waals surface area contributed by atoms with Gasteiger partial charge in [0, 0.05) is 12.6 Å². The zero-order valence-electron chi connectivity index (χ0n) is 9.99. The molecule has 0 fully saturated rings. The predicted molar refractivity (Wildman–Crippen MR) is 63.7 cm³/mol. The van der Waals surface area contributed by atoms with Crippen molar-refractivity contribution in [3.8, 4) is 12.3 Å². The van der Waals surface area contributed by atoms with Gasteiger partial charge in [0.05, 0.1) is 18.8 Å². The van der Waals surface area contributed by atoms with E-state index in [9.17, 15) is 0 Å². The van der Waals surface area contributed by atoms with Gasteiger partial charge in [-0.25, -0.2) is 0 Å². The Morgan fingerprint density at radius 1 is 1.62 bits per heavy atom. The van der Waals surface area contributed by atoms with Crippen molar-refractivity contribution in [3.63, 3.8) is 0 Å². The van der Waals surface area contributed by atoms with Crippen LogP contribution in [0, 0.1) is 12.3 Å². The van der Waals surface area contributed by atoms with E-state index >= 15 is 0 Å². The van der Waals surface area contributed by atoms with Crippen molar-refractivity contribution >= 4 is 0 Å². The summed E-state index contributed by atoms with van der Waals surface area (Å²) in [5.41, 5.74) is 0.926. The third kappa shape index (κ3) is 4.05. The van der Waals surface area contributed by atoms with Crippen molar-refractivity contribution in [1.82, 2.24) is 15.4 Å². The van der Waals surface area contributed by atoms with E-state index in [1.165, 1.54) is 0 Å². The van der Waals surface area contributed by atoms with Crippen LogP contribution in [-0.2, 0) is 13.1 Å². The smallest absolute Gasteiger partial charge is 0.151 e. The Kier molecular flexibility index (Phi) is 5.62. The Labute approximate surface area is 97.0 Å². The largest absolute Gasteiger partial charge is 0.360 e. The number of hydrogen-bond acceptors (Lipinski definition) is 4. The first-order chi connectivity index (χ1) is 7.80. The highest BCUT2D eigenvalue weighted by molar-refractivity contribution is 5.05. The van der Waals surface area contributed by atoms with E-state index in [1.807, 2.05) is 13.1 Å². The Morgan fingerprint density at radius 3 is 3.06 bits per heavy atom. The molecule has 0 saturated heterocycles. The fraction of sp³-hybridized carbons (Fsp3) is 0.583. The summed E-state index contributed by atoms with van der Waals surface area (Å²) in [6.45, 7) is 5.22. The van der Waals surface area contributed by atoms with Crippen LogP contribution in [0.5, 0.6) is 0 Å². The molecule has 0 aromatic carbocycles. The molecule has 16 heavy (non-hydrogen) atoms. The summed E-state index contributed by atoms with van der Waals surface area (Å²) in [6.07, 6.45) is 6.40. The molecular formula is C12H19N3O. The number of nitrogens with one attached hydrogen (secondary N) is 1. The molecule has 0 unspecified atom stereocenters. The lowest BCUT2D eigenvalue weighted by molar-refractivity contribution is 0.254. The van der Waals surface area contributed by atoms with Crippen molar-refractivity contribution in [2.24, 2.45) is 0 Å². The molecule has 1 aromatic rings. The second kappa shape index (κ2) is 7.04. The summed E-state index contributed by atoms with van der Waals surface area (Å²) in [5, 5.41) is 7.00. The maximum Gasteiger partial charge on any atom is 0.151 e. The zero-order chi connectivity index (χ0) is 11.8. The molecule has 1 rings (SSSR count). The molecule has 0 amide bonds. The van der Waals surface area contributed by atoms with Gasteiger partial charge < -0.3 is 9.84 Å². The lowest BCUT2D eigenvalue weighted by atomic mass is 10.3. The third-order valence-electron chi connectivity index (χ3n) is 2.20. The van der Waals surface area contributed by atoms with Gasteiger partial charge in [0.1, 0.15) is 0 Å². The zero-order valence-corrected chi connectivity index (χ0v) is 9.99. The molecule has 1 aromatic heterocycles. The topological polar surface area (TPSA) is 41.3 Å². The quantitative estimate of drug-likeness (QED) is 0.703. The van der Waals surface area contributed by atoms with Crippen molar-refractivity contribution in [3.05, 3.63) is 17.5 Å². The van der Waals surface area contributed by atoms with Gasteiger partial charge in [-0.2, -0.15) is 0 Å². The monoisotopic (exact) mass is 221 g/mol. The summed E-state index contributed by atoms with van der Waals surface area (Å²) < 4.78 is 5.24. The van der Waals surface area contributed by atoms with E-state index in [1.54, 1.807) is 0 Å². The van der Waals surface area contributed by atoms with Gasteiger partial charge in [-0.15, -0.1) is 6.42 Å². The second-order valence-corrected chi connectivity index (χ2v) is 3.73. The van der Waals surface area contributed by atoms with Gasteiger partial charge in [0.25, 0.3) is 0 Å². The first-order valence-electron chi connectivity index (χ1n) is 5.55. The van der Waals surface area contributed by atoms with Crippen LogP contribution in [0.1, 0.15) is 24.8 Å². The van der Waals surface area contributed by atoms with Gasteiger partial charge in [-0.3, -0.25) is 4.90 Å². The molecule has 0 spiro atoms. The second-order valence-electron chi connectivity index (χ2n) is 3.73.